The van der Waals surface area contributed by atoms with Gasteiger partial charge < -0.3 is 14.8 Å². The summed E-state index contributed by atoms with van der Waals surface area (Å²) in [7, 11) is 2.06. The van der Waals surface area contributed by atoms with Gasteiger partial charge in [-0.2, -0.15) is 0 Å². The van der Waals surface area contributed by atoms with Crippen LogP contribution in [0.3, 0.4) is 0 Å². The van der Waals surface area contributed by atoms with Crippen LogP contribution < -0.4 is 14.8 Å². The molecule has 3 rings (SSSR count). The predicted octanol–water partition coefficient (Wildman–Crippen LogP) is 3.72. The third-order valence-corrected chi connectivity index (χ3v) is 4.80. The normalized spacial score (nSPS) is 27.4. The van der Waals surface area contributed by atoms with Gasteiger partial charge in [-0.1, -0.05) is 20.8 Å². The van der Waals surface area contributed by atoms with E-state index in [-0.39, 0.29) is 0 Å². The SMILES string of the molecule is CNC1CC(C)(C)CCc2cc3c(cc21)OCC(C)CO3. The number of benzene rings is 1. The molecule has 21 heavy (non-hydrogen) atoms. The van der Waals surface area contributed by atoms with E-state index in [0.717, 1.165) is 37.6 Å². The number of aryl methyl sites for hydroxylation is 1. The summed E-state index contributed by atoms with van der Waals surface area (Å²) in [6.07, 6.45) is 3.49. The monoisotopic (exact) mass is 289 g/mol. The second-order valence-electron chi connectivity index (χ2n) is 7.43. The fourth-order valence-corrected chi connectivity index (χ4v) is 3.39. The molecule has 2 aliphatic rings. The van der Waals surface area contributed by atoms with Crippen molar-refractivity contribution < 1.29 is 9.47 Å². The van der Waals surface area contributed by atoms with Crippen LogP contribution in [-0.4, -0.2) is 20.3 Å². The van der Waals surface area contributed by atoms with Crippen molar-refractivity contribution in [1.29, 1.82) is 0 Å². The molecule has 1 aromatic carbocycles. The minimum absolute atomic E-state index is 0.361. The van der Waals surface area contributed by atoms with Crippen LogP contribution in [0.2, 0.25) is 0 Å². The molecule has 1 aliphatic heterocycles. The van der Waals surface area contributed by atoms with Crippen LogP contribution in [0.15, 0.2) is 12.1 Å². The topological polar surface area (TPSA) is 30.5 Å². The van der Waals surface area contributed by atoms with Crippen molar-refractivity contribution in [1.82, 2.24) is 5.32 Å². The average molecular weight is 289 g/mol. The van der Waals surface area contributed by atoms with E-state index in [1.54, 1.807) is 0 Å². The molecule has 0 fully saturated rings. The van der Waals surface area contributed by atoms with Crippen LogP contribution in [0, 0.1) is 11.3 Å². The lowest BCUT2D eigenvalue weighted by molar-refractivity contribution is 0.228. The van der Waals surface area contributed by atoms with Gasteiger partial charge in [-0.3, -0.25) is 0 Å². The second-order valence-corrected chi connectivity index (χ2v) is 7.43. The highest BCUT2D eigenvalue weighted by molar-refractivity contribution is 5.49. The molecule has 1 aliphatic carbocycles. The first kappa shape index (κ1) is 14.7. The Bertz CT molecular complexity index is 524. The fraction of sp³-hybridized carbons (Fsp3) is 0.667. The lowest BCUT2D eigenvalue weighted by Gasteiger charge is -2.27. The Morgan fingerprint density at radius 2 is 1.81 bits per heavy atom. The molecule has 0 bridgehead atoms. The van der Waals surface area contributed by atoms with Gasteiger partial charge in [-0.15, -0.1) is 0 Å². The van der Waals surface area contributed by atoms with Crippen molar-refractivity contribution >= 4 is 0 Å². The lowest BCUT2D eigenvalue weighted by Crippen LogP contribution is -2.22. The first-order valence-electron chi connectivity index (χ1n) is 8.08. The molecule has 0 radical (unpaired) electrons. The van der Waals surface area contributed by atoms with E-state index in [9.17, 15) is 0 Å². The molecule has 116 valence electrons. The van der Waals surface area contributed by atoms with Crippen LogP contribution >= 0.6 is 0 Å². The average Bonchev–Trinajstić information content (AvgIpc) is 2.70. The van der Waals surface area contributed by atoms with Gasteiger partial charge in [0.2, 0.25) is 0 Å². The van der Waals surface area contributed by atoms with Gasteiger partial charge in [0.15, 0.2) is 11.5 Å². The van der Waals surface area contributed by atoms with Crippen molar-refractivity contribution in [3.8, 4) is 11.5 Å². The molecular weight excluding hydrogens is 262 g/mol. The lowest BCUT2D eigenvalue weighted by atomic mass is 9.83. The second kappa shape index (κ2) is 5.53. The van der Waals surface area contributed by atoms with E-state index in [0.29, 0.717) is 17.4 Å². The molecular formula is C18H27NO2. The molecule has 2 unspecified atom stereocenters. The molecule has 1 aromatic rings. The molecule has 1 heterocycles. The smallest absolute Gasteiger partial charge is 0.161 e. The van der Waals surface area contributed by atoms with Crippen LogP contribution in [-0.2, 0) is 6.42 Å². The molecule has 2 atom stereocenters. The summed E-state index contributed by atoms with van der Waals surface area (Å²) in [4.78, 5) is 0. The van der Waals surface area contributed by atoms with Crippen LogP contribution in [0.4, 0.5) is 0 Å². The third kappa shape index (κ3) is 3.03. The van der Waals surface area contributed by atoms with E-state index in [2.05, 4.69) is 45.3 Å². The van der Waals surface area contributed by atoms with Crippen LogP contribution in [0.25, 0.3) is 0 Å². The van der Waals surface area contributed by atoms with Crippen LogP contribution in [0.1, 0.15) is 50.8 Å². The summed E-state index contributed by atoms with van der Waals surface area (Å²) in [6, 6.07) is 4.83. The zero-order chi connectivity index (χ0) is 15.0. The van der Waals surface area contributed by atoms with Crippen molar-refractivity contribution in [2.24, 2.45) is 11.3 Å². The molecule has 0 saturated carbocycles. The van der Waals surface area contributed by atoms with Gasteiger partial charge in [-0.25, -0.2) is 0 Å². The number of nitrogens with one attached hydrogen (secondary N) is 1. The van der Waals surface area contributed by atoms with Crippen LogP contribution in [0.5, 0.6) is 11.5 Å². The maximum Gasteiger partial charge on any atom is 0.161 e. The Labute approximate surface area is 128 Å². The molecule has 3 nitrogen and oxygen atoms in total. The molecule has 0 aromatic heterocycles. The molecule has 1 N–H and O–H groups in total. The number of hydrogen-bond acceptors (Lipinski definition) is 3. The Morgan fingerprint density at radius 1 is 1.14 bits per heavy atom. The van der Waals surface area contributed by atoms with E-state index in [1.807, 2.05) is 0 Å². The quantitative estimate of drug-likeness (QED) is 0.799. The van der Waals surface area contributed by atoms with E-state index in [1.165, 1.54) is 17.5 Å². The zero-order valence-corrected chi connectivity index (χ0v) is 13.7. The standard InChI is InChI=1S/C18H27NO2/c1-12-10-20-16-7-13-5-6-18(2,3)9-15(19-4)14(13)8-17(16)21-11-12/h7-8,12,15,19H,5-6,9-11H2,1-4H3. The Morgan fingerprint density at radius 3 is 2.48 bits per heavy atom. The minimum Gasteiger partial charge on any atom is -0.489 e. The third-order valence-electron chi connectivity index (χ3n) is 4.80. The highest BCUT2D eigenvalue weighted by Gasteiger charge is 2.30. The number of hydrogen-bond donors (Lipinski definition) is 1. The Hall–Kier alpha value is -1.22. The number of rotatable bonds is 1. The summed E-state index contributed by atoms with van der Waals surface area (Å²) in [5.41, 5.74) is 3.16. The summed E-state index contributed by atoms with van der Waals surface area (Å²) in [5, 5.41) is 3.49. The van der Waals surface area contributed by atoms with Crippen molar-refractivity contribution in [2.75, 3.05) is 20.3 Å². The molecule has 0 saturated heterocycles. The highest BCUT2D eigenvalue weighted by atomic mass is 16.5. The van der Waals surface area contributed by atoms with Crippen molar-refractivity contribution in [3.63, 3.8) is 0 Å². The van der Waals surface area contributed by atoms with Gasteiger partial charge in [-0.05, 0) is 55.0 Å². The Balaban J connectivity index is 2.00. The maximum atomic E-state index is 5.96. The zero-order valence-electron chi connectivity index (χ0n) is 13.7. The first-order valence-corrected chi connectivity index (χ1v) is 8.08. The van der Waals surface area contributed by atoms with Gasteiger partial charge in [0.25, 0.3) is 0 Å². The number of ether oxygens (including phenoxy) is 2. The predicted molar refractivity (Wildman–Crippen MR) is 85.1 cm³/mol. The summed E-state index contributed by atoms with van der Waals surface area (Å²) in [6.45, 7) is 8.37. The number of fused-ring (bicyclic) bond motifs is 2. The maximum absolute atomic E-state index is 5.96. The Kier molecular flexibility index (Phi) is 3.87. The fourth-order valence-electron chi connectivity index (χ4n) is 3.39. The van der Waals surface area contributed by atoms with Gasteiger partial charge in [0, 0.05) is 12.0 Å². The van der Waals surface area contributed by atoms with E-state index < -0.39 is 0 Å². The molecule has 0 spiro atoms. The van der Waals surface area contributed by atoms with Crippen molar-refractivity contribution in [2.45, 2.75) is 46.1 Å². The summed E-state index contributed by atoms with van der Waals surface area (Å²) >= 11 is 0. The van der Waals surface area contributed by atoms with E-state index >= 15 is 0 Å². The summed E-state index contributed by atoms with van der Waals surface area (Å²) < 4.78 is 11.9. The molecule has 3 heteroatoms. The first-order chi connectivity index (χ1) is 9.98. The molecule has 0 amide bonds. The van der Waals surface area contributed by atoms with Crippen molar-refractivity contribution in [3.05, 3.63) is 23.3 Å². The van der Waals surface area contributed by atoms with E-state index in [4.69, 9.17) is 9.47 Å². The highest BCUT2D eigenvalue weighted by Crippen LogP contribution is 2.43. The largest absolute Gasteiger partial charge is 0.489 e. The van der Waals surface area contributed by atoms with Gasteiger partial charge in [0.1, 0.15) is 0 Å². The van der Waals surface area contributed by atoms with Gasteiger partial charge in [0.05, 0.1) is 13.2 Å². The van der Waals surface area contributed by atoms with Gasteiger partial charge >= 0.3 is 0 Å². The summed E-state index contributed by atoms with van der Waals surface area (Å²) in [5.74, 6) is 2.28. The minimum atomic E-state index is 0.361.